The topological polar surface area (TPSA) is 62.1 Å². The molecule has 1 aliphatic rings. The zero-order valence-electron chi connectivity index (χ0n) is 11.1. The lowest BCUT2D eigenvalue weighted by Crippen LogP contribution is -2.42. The molecular formula is C15H18N3O. The van der Waals surface area contributed by atoms with Crippen LogP contribution in [0.25, 0.3) is 10.9 Å². The molecule has 0 saturated carbocycles. The minimum Gasteiger partial charge on any atom is -0.368 e. The molecule has 0 saturated heterocycles. The van der Waals surface area contributed by atoms with E-state index in [-0.39, 0.29) is 11.9 Å². The van der Waals surface area contributed by atoms with Crippen LogP contribution in [-0.4, -0.2) is 28.9 Å². The number of nitrogens with two attached hydrogens (primary N) is 1. The molecule has 2 heterocycles. The fraction of sp³-hybridized carbons (Fsp3) is 0.400. The Bertz CT molecular complexity index is 617. The number of rotatable bonds is 3. The van der Waals surface area contributed by atoms with Crippen molar-refractivity contribution in [3.8, 4) is 0 Å². The van der Waals surface area contributed by atoms with Gasteiger partial charge < -0.3 is 10.7 Å². The number of aromatic amines is 1. The number of primary amides is 1. The molecule has 1 aromatic carbocycles. The number of H-pyrrole nitrogens is 1. The van der Waals surface area contributed by atoms with E-state index in [1.165, 1.54) is 10.9 Å². The lowest BCUT2D eigenvalue weighted by molar-refractivity contribution is -0.124. The predicted molar refractivity (Wildman–Crippen MR) is 74.6 cm³/mol. The SMILES string of the molecule is CCCN1CCc2c([nH]c3cc[c]cc23)C1C(N)=O. The molecule has 1 unspecified atom stereocenters. The summed E-state index contributed by atoms with van der Waals surface area (Å²) < 4.78 is 0. The molecular weight excluding hydrogens is 238 g/mol. The summed E-state index contributed by atoms with van der Waals surface area (Å²) in [5, 5.41) is 1.17. The molecule has 99 valence electrons. The quantitative estimate of drug-likeness (QED) is 0.879. The van der Waals surface area contributed by atoms with Gasteiger partial charge >= 0.3 is 0 Å². The highest BCUT2D eigenvalue weighted by Gasteiger charge is 2.33. The number of nitrogens with one attached hydrogen (secondary N) is 1. The van der Waals surface area contributed by atoms with Crippen molar-refractivity contribution in [2.45, 2.75) is 25.8 Å². The number of benzene rings is 1. The van der Waals surface area contributed by atoms with Crippen LogP contribution in [0, 0.1) is 6.07 Å². The Morgan fingerprint density at radius 1 is 1.63 bits per heavy atom. The first kappa shape index (κ1) is 12.2. The number of nitrogens with zero attached hydrogens (tertiary/aromatic N) is 1. The Morgan fingerprint density at radius 2 is 2.47 bits per heavy atom. The number of hydrogen-bond acceptors (Lipinski definition) is 2. The average Bonchev–Trinajstić information content (AvgIpc) is 2.76. The summed E-state index contributed by atoms with van der Waals surface area (Å²) in [7, 11) is 0. The van der Waals surface area contributed by atoms with E-state index < -0.39 is 0 Å². The number of aromatic nitrogens is 1. The van der Waals surface area contributed by atoms with Crippen molar-refractivity contribution in [3.05, 3.63) is 35.5 Å². The van der Waals surface area contributed by atoms with Gasteiger partial charge in [0, 0.05) is 23.1 Å². The number of amides is 1. The first-order chi connectivity index (χ1) is 9.22. The summed E-state index contributed by atoms with van der Waals surface area (Å²) in [4.78, 5) is 17.4. The van der Waals surface area contributed by atoms with Crippen LogP contribution >= 0.6 is 0 Å². The third-order valence-corrected chi connectivity index (χ3v) is 3.85. The summed E-state index contributed by atoms with van der Waals surface area (Å²) in [5.74, 6) is -0.273. The van der Waals surface area contributed by atoms with Crippen LogP contribution in [-0.2, 0) is 11.2 Å². The summed E-state index contributed by atoms with van der Waals surface area (Å²) in [6.45, 7) is 3.90. The highest BCUT2D eigenvalue weighted by Crippen LogP contribution is 2.34. The van der Waals surface area contributed by atoms with Crippen molar-refractivity contribution >= 4 is 16.8 Å². The van der Waals surface area contributed by atoms with Crippen molar-refractivity contribution in [3.63, 3.8) is 0 Å². The Hall–Kier alpha value is -1.81. The monoisotopic (exact) mass is 256 g/mol. The summed E-state index contributed by atoms with van der Waals surface area (Å²) >= 11 is 0. The van der Waals surface area contributed by atoms with Crippen LogP contribution in [0.1, 0.15) is 30.6 Å². The van der Waals surface area contributed by atoms with E-state index in [2.05, 4.69) is 22.9 Å². The lowest BCUT2D eigenvalue weighted by atomic mass is 9.96. The standard InChI is InChI=1S/C15H18N3O/c1-2-8-18-9-7-11-10-5-3-4-6-12(10)17-13(11)14(18)15(16)19/h4-6,14,17H,2,7-9H2,1H3,(H2,16,19). The second-order valence-electron chi connectivity index (χ2n) is 5.08. The van der Waals surface area contributed by atoms with Gasteiger partial charge in [0.05, 0.1) is 0 Å². The van der Waals surface area contributed by atoms with E-state index in [1.807, 2.05) is 18.2 Å². The fourth-order valence-electron chi connectivity index (χ4n) is 3.07. The first-order valence-electron chi connectivity index (χ1n) is 6.76. The molecule has 1 aliphatic heterocycles. The minimum atomic E-state index is -0.323. The zero-order chi connectivity index (χ0) is 13.4. The van der Waals surface area contributed by atoms with Crippen LogP contribution < -0.4 is 5.73 Å². The maximum Gasteiger partial charge on any atom is 0.240 e. The Labute approximate surface area is 112 Å². The Balaban J connectivity index is 2.13. The normalized spacial score (nSPS) is 19.5. The van der Waals surface area contributed by atoms with Crippen molar-refractivity contribution in [2.24, 2.45) is 5.73 Å². The maximum atomic E-state index is 11.8. The molecule has 3 N–H and O–H groups in total. The second-order valence-corrected chi connectivity index (χ2v) is 5.08. The molecule has 0 bridgehead atoms. The molecule has 19 heavy (non-hydrogen) atoms. The van der Waals surface area contributed by atoms with Crippen LogP contribution in [0.3, 0.4) is 0 Å². The molecule has 0 spiro atoms. The van der Waals surface area contributed by atoms with Gasteiger partial charge in [-0.15, -0.1) is 0 Å². The number of carbonyl (C=O) groups excluding carboxylic acids is 1. The summed E-state index contributed by atoms with van der Waals surface area (Å²) in [6.07, 6.45) is 1.98. The average molecular weight is 256 g/mol. The van der Waals surface area contributed by atoms with E-state index in [1.54, 1.807) is 0 Å². The third kappa shape index (κ3) is 1.92. The maximum absolute atomic E-state index is 11.8. The molecule has 4 heteroatoms. The van der Waals surface area contributed by atoms with E-state index in [4.69, 9.17) is 5.73 Å². The molecule has 1 radical (unpaired) electrons. The molecule has 1 amide bonds. The highest BCUT2D eigenvalue weighted by molar-refractivity contribution is 5.89. The van der Waals surface area contributed by atoms with Crippen molar-refractivity contribution < 1.29 is 4.79 Å². The van der Waals surface area contributed by atoms with Crippen LogP contribution in [0.15, 0.2) is 18.2 Å². The predicted octanol–water partition coefficient (Wildman–Crippen LogP) is 1.76. The number of carbonyl (C=O) groups is 1. The largest absolute Gasteiger partial charge is 0.368 e. The smallest absolute Gasteiger partial charge is 0.240 e. The van der Waals surface area contributed by atoms with Gasteiger partial charge in [-0.2, -0.15) is 0 Å². The fourth-order valence-corrected chi connectivity index (χ4v) is 3.07. The van der Waals surface area contributed by atoms with Gasteiger partial charge in [-0.25, -0.2) is 0 Å². The van der Waals surface area contributed by atoms with Crippen LogP contribution in [0.4, 0.5) is 0 Å². The molecule has 1 atom stereocenters. The van der Waals surface area contributed by atoms with Crippen LogP contribution in [0.5, 0.6) is 0 Å². The lowest BCUT2D eigenvalue weighted by Gasteiger charge is -2.33. The van der Waals surface area contributed by atoms with Crippen molar-refractivity contribution in [1.29, 1.82) is 0 Å². The van der Waals surface area contributed by atoms with Crippen molar-refractivity contribution in [2.75, 3.05) is 13.1 Å². The zero-order valence-corrected chi connectivity index (χ0v) is 11.1. The minimum absolute atomic E-state index is 0.273. The third-order valence-electron chi connectivity index (χ3n) is 3.85. The van der Waals surface area contributed by atoms with Gasteiger partial charge in [0.2, 0.25) is 5.91 Å². The Morgan fingerprint density at radius 3 is 3.21 bits per heavy atom. The van der Waals surface area contributed by atoms with Gasteiger partial charge in [-0.3, -0.25) is 9.69 Å². The van der Waals surface area contributed by atoms with Gasteiger partial charge in [0.15, 0.2) is 0 Å². The van der Waals surface area contributed by atoms with Gasteiger partial charge in [0.25, 0.3) is 0 Å². The first-order valence-corrected chi connectivity index (χ1v) is 6.76. The molecule has 2 aromatic rings. The van der Waals surface area contributed by atoms with Crippen LogP contribution in [0.2, 0.25) is 0 Å². The molecule has 1 aromatic heterocycles. The second kappa shape index (κ2) is 4.70. The number of fused-ring (bicyclic) bond motifs is 3. The van der Waals surface area contributed by atoms with Gasteiger partial charge in [-0.05, 0) is 43.1 Å². The Kier molecular flexibility index (Phi) is 3.03. The van der Waals surface area contributed by atoms with Crippen molar-refractivity contribution in [1.82, 2.24) is 9.88 Å². The van der Waals surface area contributed by atoms with E-state index >= 15 is 0 Å². The molecule has 4 nitrogen and oxygen atoms in total. The molecule has 0 fully saturated rings. The van der Waals surface area contributed by atoms with E-state index in [0.29, 0.717) is 0 Å². The van der Waals surface area contributed by atoms with E-state index in [9.17, 15) is 4.79 Å². The van der Waals surface area contributed by atoms with E-state index in [0.717, 1.165) is 37.1 Å². The van der Waals surface area contributed by atoms with Gasteiger partial charge in [-0.1, -0.05) is 13.0 Å². The number of hydrogen-bond donors (Lipinski definition) is 2. The molecule has 3 rings (SSSR count). The highest BCUT2D eigenvalue weighted by atomic mass is 16.1. The summed E-state index contributed by atoms with van der Waals surface area (Å²) in [6, 6.07) is 8.64. The van der Waals surface area contributed by atoms with Gasteiger partial charge in [0.1, 0.15) is 6.04 Å². The summed E-state index contributed by atoms with van der Waals surface area (Å²) in [5.41, 5.74) is 8.88. The molecule has 0 aliphatic carbocycles.